The molecule has 6 N–H and O–H groups in total. The van der Waals surface area contributed by atoms with E-state index in [9.17, 15) is 0 Å². The van der Waals surface area contributed by atoms with Gasteiger partial charge in [0.05, 0.1) is 0 Å². The summed E-state index contributed by atoms with van der Waals surface area (Å²) in [6, 6.07) is 0. The van der Waals surface area contributed by atoms with Crippen LogP contribution in [0.1, 0.15) is 0 Å². The first-order chi connectivity index (χ1) is 0. The molecule has 0 aromatic carbocycles. The Labute approximate surface area is 39.4 Å². The van der Waals surface area contributed by atoms with Crippen LogP contribution in [0.5, 0.6) is 0 Å². The van der Waals surface area contributed by atoms with Gasteiger partial charge >= 0.3 is 0 Å². The van der Waals surface area contributed by atoms with E-state index in [0.717, 1.165) is 0 Å². The van der Waals surface area contributed by atoms with Gasteiger partial charge in [-0.05, 0) is 0 Å². The summed E-state index contributed by atoms with van der Waals surface area (Å²) in [7, 11) is 0. The maximum Gasteiger partial charge on any atom is 0 e. The third kappa shape index (κ3) is 17.9. The van der Waals surface area contributed by atoms with E-state index in [1.807, 2.05) is 0 Å². The quantitative estimate of drug-likeness (QED) is 0.339. The summed E-state index contributed by atoms with van der Waals surface area (Å²) in [5.41, 5.74) is 0. The van der Waals surface area contributed by atoms with E-state index < -0.39 is 0 Å². The molecule has 29 valence electrons. The van der Waals surface area contributed by atoms with Gasteiger partial charge in [-0.2, -0.15) is 0 Å². The predicted molar refractivity (Wildman–Crippen MR) is 10.8 cm³/mol. The largest absolute Gasteiger partial charge is 0.412 e. The molecule has 4 heteroatoms. The fraction of sp³-hybridized carbons (Fsp3) is 0. The molecule has 0 spiro atoms. The molecular formula is H6NbO3. The molecule has 1 radical (unpaired) electrons. The van der Waals surface area contributed by atoms with Crippen LogP contribution in [0.25, 0.3) is 0 Å². The summed E-state index contributed by atoms with van der Waals surface area (Å²) in [5, 5.41) is 0. The first-order valence-corrected chi connectivity index (χ1v) is 0. The van der Waals surface area contributed by atoms with Crippen LogP contribution < -0.4 is 0 Å². The summed E-state index contributed by atoms with van der Waals surface area (Å²) in [6.07, 6.45) is 0. The molecule has 0 unspecified atom stereocenters. The smallest absolute Gasteiger partial charge is 0 e. The average Bonchev–Trinajstić information content (AvgIpc) is 0. The van der Waals surface area contributed by atoms with Crippen molar-refractivity contribution in [2.45, 2.75) is 0 Å². The van der Waals surface area contributed by atoms with Crippen LogP contribution in [0, 0.1) is 0 Å². The van der Waals surface area contributed by atoms with Crippen molar-refractivity contribution in [3.63, 3.8) is 0 Å². The van der Waals surface area contributed by atoms with Crippen molar-refractivity contribution >= 4 is 0 Å². The van der Waals surface area contributed by atoms with Crippen molar-refractivity contribution in [2.75, 3.05) is 0 Å². The minimum atomic E-state index is 0. The summed E-state index contributed by atoms with van der Waals surface area (Å²) in [4.78, 5) is 0. The molecule has 0 aliphatic carbocycles. The fourth-order valence-electron chi connectivity index (χ4n) is 0. The maximum absolute atomic E-state index is 0. The number of hydrogen-bond acceptors (Lipinski definition) is 0. The maximum atomic E-state index is 0. The Morgan fingerprint density at radius 1 is 0.500 bits per heavy atom. The van der Waals surface area contributed by atoms with Crippen molar-refractivity contribution in [2.24, 2.45) is 0 Å². The third-order valence-corrected chi connectivity index (χ3v) is 0. The summed E-state index contributed by atoms with van der Waals surface area (Å²) >= 11 is 0. The molecule has 0 heterocycles. The molecule has 4 heavy (non-hydrogen) atoms. The molecule has 3 nitrogen and oxygen atoms in total. The van der Waals surface area contributed by atoms with Gasteiger partial charge in [-0.3, -0.25) is 0 Å². The molecule has 0 saturated heterocycles. The Balaban J connectivity index is 0. The van der Waals surface area contributed by atoms with Crippen LogP contribution in [-0.4, -0.2) is 16.4 Å². The normalized spacial score (nSPS) is 0. The van der Waals surface area contributed by atoms with Crippen molar-refractivity contribution in [1.82, 2.24) is 0 Å². The first-order valence-electron chi connectivity index (χ1n) is 0. The van der Waals surface area contributed by atoms with E-state index in [1.165, 1.54) is 0 Å². The van der Waals surface area contributed by atoms with Crippen molar-refractivity contribution < 1.29 is 38.8 Å². The minimum Gasteiger partial charge on any atom is -0.412 e. The van der Waals surface area contributed by atoms with Crippen LogP contribution >= 0.6 is 0 Å². The zero-order valence-electron chi connectivity index (χ0n) is 1.95. The molecule has 0 fully saturated rings. The van der Waals surface area contributed by atoms with Crippen LogP contribution in [0.4, 0.5) is 0 Å². The molecule has 0 aromatic rings. The van der Waals surface area contributed by atoms with Gasteiger partial charge in [0, 0.05) is 22.4 Å². The van der Waals surface area contributed by atoms with E-state index in [4.69, 9.17) is 0 Å². The minimum absolute atomic E-state index is 0. The van der Waals surface area contributed by atoms with E-state index in [2.05, 4.69) is 0 Å². The second-order valence-corrected chi connectivity index (χ2v) is 0. The summed E-state index contributed by atoms with van der Waals surface area (Å²) in [6.45, 7) is 0. The van der Waals surface area contributed by atoms with Crippen LogP contribution in [-0.2, 0) is 22.4 Å². The first kappa shape index (κ1) is 157. The molecule has 0 saturated carbocycles. The Morgan fingerprint density at radius 3 is 0.500 bits per heavy atom. The van der Waals surface area contributed by atoms with E-state index in [-0.39, 0.29) is 38.8 Å². The average molecular weight is 147 g/mol. The Kier molecular flexibility index (Phi) is 2540. The van der Waals surface area contributed by atoms with E-state index in [0.29, 0.717) is 0 Å². The molecule has 0 aromatic heterocycles. The molecule has 0 amide bonds. The summed E-state index contributed by atoms with van der Waals surface area (Å²) < 4.78 is 0. The monoisotopic (exact) mass is 147 g/mol. The Hall–Kier alpha value is 0.620. The topological polar surface area (TPSA) is 94.5 Å². The van der Waals surface area contributed by atoms with Gasteiger partial charge in [0.15, 0.2) is 0 Å². The van der Waals surface area contributed by atoms with Crippen molar-refractivity contribution in [1.29, 1.82) is 0 Å². The van der Waals surface area contributed by atoms with Gasteiger partial charge in [0.2, 0.25) is 0 Å². The Bertz CT molecular complexity index is 3.25. The zero-order valence-corrected chi connectivity index (χ0v) is 4.15. The third-order valence-electron chi connectivity index (χ3n) is 0. The van der Waals surface area contributed by atoms with Crippen molar-refractivity contribution in [3.05, 3.63) is 0 Å². The predicted octanol–water partition coefficient (Wildman–Crippen LogP) is -2.48. The Morgan fingerprint density at radius 2 is 0.500 bits per heavy atom. The van der Waals surface area contributed by atoms with Gasteiger partial charge in [-0.15, -0.1) is 0 Å². The van der Waals surface area contributed by atoms with E-state index in [1.54, 1.807) is 0 Å². The number of rotatable bonds is 0. The van der Waals surface area contributed by atoms with Crippen LogP contribution in [0.2, 0.25) is 0 Å². The molecule has 0 bridgehead atoms. The molecule has 0 atom stereocenters. The summed E-state index contributed by atoms with van der Waals surface area (Å²) in [5.74, 6) is 0. The van der Waals surface area contributed by atoms with Gasteiger partial charge in [-0.25, -0.2) is 0 Å². The van der Waals surface area contributed by atoms with Crippen LogP contribution in [0.15, 0.2) is 0 Å². The molecular weight excluding hydrogens is 141 g/mol. The standard InChI is InChI=1S/Nb.3H2O/h;3*1H2. The van der Waals surface area contributed by atoms with Gasteiger partial charge < -0.3 is 16.4 Å². The van der Waals surface area contributed by atoms with Gasteiger partial charge in [0.25, 0.3) is 0 Å². The van der Waals surface area contributed by atoms with Gasteiger partial charge in [-0.1, -0.05) is 0 Å². The number of hydrogen-bond donors (Lipinski definition) is 0. The molecule has 0 rings (SSSR count). The molecule has 0 aliphatic rings. The van der Waals surface area contributed by atoms with Crippen LogP contribution in [0.3, 0.4) is 0 Å². The van der Waals surface area contributed by atoms with Crippen molar-refractivity contribution in [3.8, 4) is 0 Å². The zero-order chi connectivity index (χ0) is 0. The molecule has 0 aliphatic heterocycles. The second kappa shape index (κ2) is 64.6. The SMILES string of the molecule is O.O.O.[Nb]. The fourth-order valence-corrected chi connectivity index (χ4v) is 0. The van der Waals surface area contributed by atoms with E-state index >= 15 is 0 Å². The second-order valence-electron chi connectivity index (χ2n) is 0. The van der Waals surface area contributed by atoms with Gasteiger partial charge in [0.1, 0.15) is 0 Å².